The van der Waals surface area contributed by atoms with Gasteiger partial charge in [0.2, 0.25) is 5.88 Å². The molecule has 6 nitrogen and oxygen atoms in total. The highest BCUT2D eigenvalue weighted by molar-refractivity contribution is 5.42. The summed E-state index contributed by atoms with van der Waals surface area (Å²) in [4.78, 5) is 25.6. The van der Waals surface area contributed by atoms with Crippen molar-refractivity contribution < 1.29 is 9.84 Å². The van der Waals surface area contributed by atoms with Gasteiger partial charge in [0.15, 0.2) is 0 Å². The van der Waals surface area contributed by atoms with E-state index in [0.717, 1.165) is 4.57 Å². The largest absolute Gasteiger partial charge is 0.497 e. The van der Waals surface area contributed by atoms with Crippen LogP contribution in [0.3, 0.4) is 0 Å². The second kappa shape index (κ2) is 5.01. The Morgan fingerprint density at radius 1 is 1.37 bits per heavy atom. The van der Waals surface area contributed by atoms with Gasteiger partial charge in [0.1, 0.15) is 5.75 Å². The van der Waals surface area contributed by atoms with Gasteiger partial charge in [-0.2, -0.15) is 0 Å². The third-order valence-corrected chi connectivity index (χ3v) is 2.84. The monoisotopic (exact) mass is 262 g/mol. The van der Waals surface area contributed by atoms with Crippen LogP contribution in [0.15, 0.2) is 33.9 Å². The number of hydrogen-bond donors (Lipinski definition) is 2. The van der Waals surface area contributed by atoms with Crippen molar-refractivity contribution in [2.45, 2.75) is 13.3 Å². The molecule has 0 unspecified atom stereocenters. The summed E-state index contributed by atoms with van der Waals surface area (Å²) in [5.41, 5.74) is -0.660. The molecule has 2 rings (SSSR count). The normalized spacial score (nSPS) is 10.4. The predicted octanol–water partition coefficient (Wildman–Crippen LogP) is 0.802. The molecule has 0 amide bonds. The van der Waals surface area contributed by atoms with Crippen molar-refractivity contribution in [2.24, 2.45) is 0 Å². The lowest BCUT2D eigenvalue weighted by atomic mass is 10.2. The number of aromatic hydroxyl groups is 1. The second-order valence-corrected chi connectivity index (χ2v) is 3.95. The number of rotatable bonds is 3. The van der Waals surface area contributed by atoms with Crippen molar-refractivity contribution in [3.63, 3.8) is 0 Å². The van der Waals surface area contributed by atoms with Gasteiger partial charge in [0.05, 0.1) is 18.4 Å². The van der Waals surface area contributed by atoms with E-state index in [1.54, 1.807) is 31.2 Å². The molecule has 0 bridgehead atoms. The second-order valence-electron chi connectivity index (χ2n) is 3.95. The Hall–Kier alpha value is -2.50. The maximum Gasteiger partial charge on any atom is 0.335 e. The first kappa shape index (κ1) is 12.9. The predicted molar refractivity (Wildman–Crippen MR) is 70.3 cm³/mol. The third-order valence-electron chi connectivity index (χ3n) is 2.84. The maximum atomic E-state index is 11.8. The highest BCUT2D eigenvalue weighted by atomic mass is 16.5. The first-order valence-electron chi connectivity index (χ1n) is 5.80. The SMILES string of the molecule is CCc1c(O)n(-c2cccc(OC)c2)c(=O)[nH]c1=O. The molecule has 2 aromatic rings. The van der Waals surface area contributed by atoms with Gasteiger partial charge >= 0.3 is 5.69 Å². The topological polar surface area (TPSA) is 84.3 Å². The van der Waals surface area contributed by atoms with Crippen molar-refractivity contribution in [3.8, 4) is 17.3 Å². The van der Waals surface area contributed by atoms with Crippen LogP contribution in [-0.2, 0) is 6.42 Å². The van der Waals surface area contributed by atoms with Crippen LogP contribution in [0.25, 0.3) is 5.69 Å². The fourth-order valence-corrected chi connectivity index (χ4v) is 1.87. The molecule has 1 aromatic heterocycles. The van der Waals surface area contributed by atoms with Gasteiger partial charge in [0.25, 0.3) is 5.56 Å². The summed E-state index contributed by atoms with van der Waals surface area (Å²) in [6.45, 7) is 1.73. The number of H-pyrrole nitrogens is 1. The number of aromatic amines is 1. The van der Waals surface area contributed by atoms with E-state index in [0.29, 0.717) is 17.9 Å². The van der Waals surface area contributed by atoms with Crippen LogP contribution >= 0.6 is 0 Å². The third kappa shape index (κ3) is 2.24. The van der Waals surface area contributed by atoms with Crippen LogP contribution in [-0.4, -0.2) is 21.8 Å². The molecule has 100 valence electrons. The molecule has 2 N–H and O–H groups in total. The minimum atomic E-state index is -0.687. The molecule has 0 aliphatic carbocycles. The van der Waals surface area contributed by atoms with Gasteiger partial charge < -0.3 is 9.84 Å². The molecule has 0 atom stereocenters. The Morgan fingerprint density at radius 2 is 2.11 bits per heavy atom. The van der Waals surface area contributed by atoms with Gasteiger partial charge in [-0.1, -0.05) is 13.0 Å². The zero-order chi connectivity index (χ0) is 14.0. The molecule has 19 heavy (non-hydrogen) atoms. The van der Waals surface area contributed by atoms with Crippen molar-refractivity contribution in [1.29, 1.82) is 0 Å². The smallest absolute Gasteiger partial charge is 0.335 e. The van der Waals surface area contributed by atoms with E-state index < -0.39 is 11.2 Å². The highest BCUT2D eigenvalue weighted by Crippen LogP contribution is 2.20. The van der Waals surface area contributed by atoms with Crippen molar-refractivity contribution in [1.82, 2.24) is 9.55 Å². The summed E-state index contributed by atoms with van der Waals surface area (Å²) in [6.07, 6.45) is 0.325. The molecule has 1 heterocycles. The molecule has 0 radical (unpaired) electrons. The quantitative estimate of drug-likeness (QED) is 0.857. The summed E-state index contributed by atoms with van der Waals surface area (Å²) >= 11 is 0. The van der Waals surface area contributed by atoms with Crippen LogP contribution in [0.5, 0.6) is 11.6 Å². The fourth-order valence-electron chi connectivity index (χ4n) is 1.87. The average Bonchev–Trinajstić information content (AvgIpc) is 2.39. The summed E-state index contributed by atoms with van der Waals surface area (Å²) in [5, 5.41) is 10.1. The van der Waals surface area contributed by atoms with E-state index in [9.17, 15) is 14.7 Å². The van der Waals surface area contributed by atoms with E-state index in [4.69, 9.17) is 4.74 Å². The first-order valence-corrected chi connectivity index (χ1v) is 5.80. The Balaban J connectivity index is 2.75. The van der Waals surface area contributed by atoms with Gasteiger partial charge in [0, 0.05) is 6.07 Å². The Kier molecular flexibility index (Phi) is 3.41. The van der Waals surface area contributed by atoms with Gasteiger partial charge in [-0.3, -0.25) is 9.78 Å². The molecule has 1 aromatic carbocycles. The van der Waals surface area contributed by atoms with Crippen molar-refractivity contribution in [2.75, 3.05) is 7.11 Å². The van der Waals surface area contributed by atoms with E-state index in [-0.39, 0.29) is 11.4 Å². The zero-order valence-corrected chi connectivity index (χ0v) is 10.6. The van der Waals surface area contributed by atoms with Gasteiger partial charge in [-0.15, -0.1) is 0 Å². The molecular weight excluding hydrogens is 248 g/mol. The van der Waals surface area contributed by atoms with Crippen LogP contribution in [0, 0.1) is 0 Å². The van der Waals surface area contributed by atoms with Gasteiger partial charge in [-0.25, -0.2) is 9.36 Å². The number of nitrogens with one attached hydrogen (secondary N) is 1. The van der Waals surface area contributed by atoms with E-state index in [2.05, 4.69) is 4.98 Å². The standard InChI is InChI=1S/C13H14N2O4/c1-3-10-11(16)14-13(18)15(12(10)17)8-5-4-6-9(7-8)19-2/h4-7,17H,3H2,1-2H3,(H,14,16,18). The lowest BCUT2D eigenvalue weighted by Gasteiger charge is -2.11. The zero-order valence-electron chi connectivity index (χ0n) is 10.6. The molecule has 0 aliphatic heterocycles. The molecule has 0 aliphatic rings. The fraction of sp³-hybridized carbons (Fsp3) is 0.231. The Morgan fingerprint density at radius 3 is 2.74 bits per heavy atom. The number of nitrogens with zero attached hydrogens (tertiary/aromatic N) is 1. The molecule has 0 spiro atoms. The minimum absolute atomic E-state index is 0.169. The molecule has 0 fully saturated rings. The van der Waals surface area contributed by atoms with E-state index in [1.807, 2.05) is 0 Å². The Labute approximate surface area is 108 Å². The number of aromatic nitrogens is 2. The molecule has 6 heteroatoms. The van der Waals surface area contributed by atoms with E-state index >= 15 is 0 Å². The number of hydrogen-bond acceptors (Lipinski definition) is 4. The van der Waals surface area contributed by atoms with Crippen LogP contribution < -0.4 is 16.0 Å². The molecule has 0 saturated heterocycles. The highest BCUT2D eigenvalue weighted by Gasteiger charge is 2.14. The molecular formula is C13H14N2O4. The van der Waals surface area contributed by atoms with Crippen molar-refractivity contribution in [3.05, 3.63) is 50.7 Å². The lowest BCUT2D eigenvalue weighted by molar-refractivity contribution is 0.412. The first-order chi connectivity index (χ1) is 9.08. The van der Waals surface area contributed by atoms with Gasteiger partial charge in [-0.05, 0) is 18.6 Å². The van der Waals surface area contributed by atoms with Crippen LogP contribution in [0.4, 0.5) is 0 Å². The lowest BCUT2D eigenvalue weighted by Crippen LogP contribution is -2.31. The Bertz CT molecular complexity index is 715. The minimum Gasteiger partial charge on any atom is -0.497 e. The summed E-state index contributed by atoms with van der Waals surface area (Å²) in [5.74, 6) is 0.206. The van der Waals surface area contributed by atoms with Crippen LogP contribution in [0.2, 0.25) is 0 Å². The summed E-state index contributed by atoms with van der Waals surface area (Å²) in [7, 11) is 1.51. The van der Waals surface area contributed by atoms with Crippen molar-refractivity contribution >= 4 is 0 Å². The molecule has 0 saturated carbocycles. The number of methoxy groups -OCH3 is 1. The number of ether oxygens (including phenoxy) is 1. The van der Waals surface area contributed by atoms with Crippen LogP contribution in [0.1, 0.15) is 12.5 Å². The van der Waals surface area contributed by atoms with E-state index in [1.165, 1.54) is 7.11 Å². The number of benzene rings is 1. The maximum absolute atomic E-state index is 11.8. The summed E-state index contributed by atoms with van der Waals surface area (Å²) in [6, 6.07) is 6.65. The average molecular weight is 262 g/mol. The summed E-state index contributed by atoms with van der Waals surface area (Å²) < 4.78 is 6.11.